The summed E-state index contributed by atoms with van der Waals surface area (Å²) in [6.07, 6.45) is 10.7. The van der Waals surface area contributed by atoms with Crippen molar-refractivity contribution in [2.24, 2.45) is 0 Å². The topological polar surface area (TPSA) is 99.1 Å². The van der Waals surface area contributed by atoms with E-state index in [-0.39, 0.29) is 37.4 Å². The third-order valence-electron chi connectivity index (χ3n) is 4.10. The van der Waals surface area contributed by atoms with Gasteiger partial charge in [-0.1, -0.05) is 50.1 Å². The molecule has 0 aromatic heterocycles. The van der Waals surface area contributed by atoms with Crippen LogP contribution in [-0.2, 0) is 28.6 Å². The van der Waals surface area contributed by atoms with Crippen LogP contribution in [0, 0.1) is 0 Å². The second kappa shape index (κ2) is 22.9. The molecule has 0 bridgehead atoms. The van der Waals surface area contributed by atoms with Crippen LogP contribution in [0.15, 0.2) is 47.6 Å². The van der Waals surface area contributed by atoms with E-state index < -0.39 is 12.2 Å². The highest BCUT2D eigenvalue weighted by Gasteiger charge is 2.11. The number of ketones is 1. The maximum Gasteiger partial charge on any atom is 0.330 e. The Labute approximate surface area is 219 Å². The predicted octanol–water partition coefficient (Wildman–Crippen LogP) is 6.06. The first kappa shape index (κ1) is 38.0. The van der Waals surface area contributed by atoms with E-state index in [1.807, 2.05) is 27.7 Å². The summed E-state index contributed by atoms with van der Waals surface area (Å²) in [7, 11) is 0. The molecule has 0 fully saturated rings. The Kier molecular flexibility index (Phi) is 24.2. The fourth-order valence-corrected chi connectivity index (χ4v) is 2.55. The molecule has 0 aliphatic rings. The van der Waals surface area contributed by atoms with E-state index in [1.54, 1.807) is 45.1 Å². The number of carbonyl (C=O) groups is 3. The van der Waals surface area contributed by atoms with E-state index in [0.717, 1.165) is 24.0 Å². The summed E-state index contributed by atoms with van der Waals surface area (Å²) in [5, 5.41) is 9.67. The molecule has 0 aliphatic carbocycles. The van der Waals surface area contributed by atoms with Gasteiger partial charge >= 0.3 is 11.9 Å². The Morgan fingerprint density at radius 2 is 1.28 bits per heavy atom. The van der Waals surface area contributed by atoms with Crippen LogP contribution in [0.25, 0.3) is 0 Å². The molecule has 7 nitrogen and oxygen atoms in total. The van der Waals surface area contributed by atoms with Gasteiger partial charge in [0, 0.05) is 12.2 Å². The van der Waals surface area contributed by atoms with Crippen molar-refractivity contribution in [3.05, 3.63) is 47.6 Å². The Morgan fingerprint density at radius 3 is 1.67 bits per heavy atom. The fraction of sp³-hybridized carbons (Fsp3) is 0.621. The van der Waals surface area contributed by atoms with Gasteiger partial charge in [0.1, 0.15) is 6.10 Å². The Bertz CT molecular complexity index is 741. The van der Waals surface area contributed by atoms with E-state index in [9.17, 15) is 19.5 Å². The molecule has 0 spiro atoms. The molecule has 2 atom stereocenters. The van der Waals surface area contributed by atoms with E-state index in [1.165, 1.54) is 19.1 Å². The number of esters is 2. The number of rotatable bonds is 14. The van der Waals surface area contributed by atoms with Crippen LogP contribution < -0.4 is 0 Å². The number of allylic oxidation sites excluding steroid dienone is 4. The Hall–Kier alpha value is -2.51. The van der Waals surface area contributed by atoms with E-state index in [4.69, 9.17) is 14.2 Å². The lowest BCUT2D eigenvalue weighted by Crippen LogP contribution is -2.24. The number of aliphatic hydroxyl groups is 1. The van der Waals surface area contributed by atoms with Crippen LogP contribution in [0.1, 0.15) is 89.0 Å². The van der Waals surface area contributed by atoms with Crippen LogP contribution in [-0.4, -0.2) is 53.9 Å². The van der Waals surface area contributed by atoms with Crippen LogP contribution in [0.5, 0.6) is 0 Å². The monoisotopic (exact) mass is 510 g/mol. The van der Waals surface area contributed by atoms with Crippen LogP contribution in [0.4, 0.5) is 0 Å². The molecule has 0 heterocycles. The standard InChI is InChI=1S/C18H28O5.C10H18O2.CH4/c1-13(2)23-18(21)12-14(3)10-11-22-17(16(5)20)9-7-6-8-15(4)19;1-5-6-9(4)7-10(11)12-8(2)3;/h6-9,12-13,16-17,20H,10-11H2,1-5H3;7-8H,5-6H2,1-4H3;1H4/b8-6+,9-7+,14-12+;9-7+;/t16?,17-;;/m1../s1. The zero-order valence-corrected chi connectivity index (χ0v) is 23.0. The minimum Gasteiger partial charge on any atom is -0.460 e. The molecular formula is C29H50O7. The number of hydrogen-bond donors (Lipinski definition) is 1. The van der Waals surface area contributed by atoms with Crippen molar-refractivity contribution in [2.45, 2.75) is 113 Å². The molecule has 0 rings (SSSR count). The van der Waals surface area contributed by atoms with Gasteiger partial charge in [-0.15, -0.1) is 0 Å². The molecule has 1 N–H and O–H groups in total. The van der Waals surface area contributed by atoms with Gasteiger partial charge in [0.15, 0.2) is 5.78 Å². The van der Waals surface area contributed by atoms with Crippen molar-refractivity contribution in [2.75, 3.05) is 6.61 Å². The minimum atomic E-state index is -0.674. The summed E-state index contributed by atoms with van der Waals surface area (Å²) in [4.78, 5) is 33.3. The summed E-state index contributed by atoms with van der Waals surface area (Å²) >= 11 is 0. The lowest BCUT2D eigenvalue weighted by molar-refractivity contribution is -0.142. The normalized spacial score (nSPS) is 13.8. The van der Waals surface area contributed by atoms with Gasteiger partial charge < -0.3 is 19.3 Å². The van der Waals surface area contributed by atoms with Gasteiger partial charge in [-0.3, -0.25) is 4.79 Å². The largest absolute Gasteiger partial charge is 0.460 e. The summed E-state index contributed by atoms with van der Waals surface area (Å²) in [6, 6.07) is 0. The molecular weight excluding hydrogens is 460 g/mol. The second-order valence-corrected chi connectivity index (χ2v) is 8.88. The molecule has 36 heavy (non-hydrogen) atoms. The third kappa shape index (κ3) is 26.1. The summed E-state index contributed by atoms with van der Waals surface area (Å²) < 4.78 is 15.6. The van der Waals surface area contributed by atoms with Crippen LogP contribution in [0.2, 0.25) is 0 Å². The number of carbonyl (C=O) groups excluding carboxylic acids is 3. The first-order valence-electron chi connectivity index (χ1n) is 12.2. The number of aliphatic hydroxyl groups excluding tert-OH is 1. The molecule has 0 saturated carbocycles. The third-order valence-corrected chi connectivity index (χ3v) is 4.10. The first-order valence-corrected chi connectivity index (χ1v) is 12.2. The zero-order valence-electron chi connectivity index (χ0n) is 23.0. The maximum absolute atomic E-state index is 11.5. The molecule has 0 aliphatic heterocycles. The van der Waals surface area contributed by atoms with Crippen molar-refractivity contribution >= 4 is 17.7 Å². The summed E-state index contributed by atoms with van der Waals surface area (Å²) in [5.41, 5.74) is 1.93. The highest BCUT2D eigenvalue weighted by atomic mass is 16.5. The van der Waals surface area contributed by atoms with E-state index >= 15 is 0 Å². The van der Waals surface area contributed by atoms with Gasteiger partial charge in [-0.25, -0.2) is 9.59 Å². The lowest BCUT2D eigenvalue weighted by atomic mass is 10.2. The fourth-order valence-electron chi connectivity index (χ4n) is 2.55. The molecule has 208 valence electrons. The van der Waals surface area contributed by atoms with Gasteiger partial charge in [-0.2, -0.15) is 0 Å². The van der Waals surface area contributed by atoms with Crippen molar-refractivity contribution in [1.82, 2.24) is 0 Å². The molecule has 7 heteroatoms. The Morgan fingerprint density at radius 1 is 0.806 bits per heavy atom. The minimum absolute atomic E-state index is 0. The Balaban J connectivity index is -0.000000710. The van der Waals surface area contributed by atoms with Gasteiger partial charge in [0.25, 0.3) is 0 Å². The smallest absolute Gasteiger partial charge is 0.330 e. The molecule has 0 aromatic carbocycles. The lowest BCUT2D eigenvalue weighted by Gasteiger charge is -2.17. The molecule has 0 amide bonds. The summed E-state index contributed by atoms with van der Waals surface area (Å²) in [5.74, 6) is -0.631. The predicted molar refractivity (Wildman–Crippen MR) is 147 cm³/mol. The van der Waals surface area contributed by atoms with Gasteiger partial charge in [-0.05, 0) is 74.3 Å². The molecule has 0 radical (unpaired) electrons. The zero-order chi connectivity index (χ0) is 27.4. The highest BCUT2D eigenvalue weighted by molar-refractivity contribution is 5.87. The quantitative estimate of drug-likeness (QED) is 0.172. The van der Waals surface area contributed by atoms with Gasteiger partial charge in [0.2, 0.25) is 0 Å². The van der Waals surface area contributed by atoms with E-state index in [0.29, 0.717) is 13.0 Å². The number of hydrogen-bond acceptors (Lipinski definition) is 7. The molecule has 1 unspecified atom stereocenters. The van der Waals surface area contributed by atoms with E-state index in [2.05, 4.69) is 6.92 Å². The average molecular weight is 511 g/mol. The van der Waals surface area contributed by atoms with Crippen molar-refractivity contribution in [3.63, 3.8) is 0 Å². The molecule has 0 aromatic rings. The van der Waals surface area contributed by atoms with Crippen LogP contribution >= 0.6 is 0 Å². The first-order chi connectivity index (χ1) is 16.3. The van der Waals surface area contributed by atoms with Crippen molar-refractivity contribution in [3.8, 4) is 0 Å². The average Bonchev–Trinajstić information content (AvgIpc) is 2.68. The maximum atomic E-state index is 11.5. The second-order valence-electron chi connectivity index (χ2n) is 8.88. The van der Waals surface area contributed by atoms with Crippen molar-refractivity contribution < 1.29 is 33.7 Å². The summed E-state index contributed by atoms with van der Waals surface area (Å²) in [6.45, 7) is 16.6. The molecule has 0 saturated heterocycles. The SMILES string of the molecule is C.CC(=O)/C=C/C=C/[C@@H](OCC/C(C)=C/C(=O)OC(C)C)C(C)O.CCC/C(C)=C/C(=O)OC(C)C. The van der Waals surface area contributed by atoms with Crippen molar-refractivity contribution in [1.29, 1.82) is 0 Å². The number of ether oxygens (including phenoxy) is 3. The highest BCUT2D eigenvalue weighted by Crippen LogP contribution is 2.07. The van der Waals surface area contributed by atoms with Gasteiger partial charge in [0.05, 0.1) is 24.9 Å². The van der Waals surface area contributed by atoms with Crippen LogP contribution in [0.3, 0.4) is 0 Å².